The van der Waals surface area contributed by atoms with E-state index in [0.717, 1.165) is 49.8 Å². The summed E-state index contributed by atoms with van der Waals surface area (Å²) >= 11 is 0. The van der Waals surface area contributed by atoms with Crippen LogP contribution in [0.4, 0.5) is 5.69 Å². The molecule has 134 valence electrons. The molecule has 1 fully saturated rings. The maximum Gasteiger partial charge on any atom is 0.279 e. The summed E-state index contributed by atoms with van der Waals surface area (Å²) in [5.41, 5.74) is 4.12. The van der Waals surface area contributed by atoms with E-state index in [1.807, 2.05) is 25.6 Å². The molecule has 1 saturated heterocycles. The van der Waals surface area contributed by atoms with Crippen LogP contribution in [0.25, 0.3) is 0 Å². The van der Waals surface area contributed by atoms with Crippen molar-refractivity contribution in [2.45, 2.75) is 20.4 Å². The number of hydrogen-bond acceptors (Lipinski definition) is 2. The van der Waals surface area contributed by atoms with Gasteiger partial charge in [-0.1, -0.05) is 30.3 Å². The minimum atomic E-state index is 0.0840. The van der Waals surface area contributed by atoms with Crippen LogP contribution in [0.3, 0.4) is 0 Å². The van der Waals surface area contributed by atoms with Crippen LogP contribution in [0.1, 0.15) is 17.0 Å². The number of rotatable bonds is 5. The van der Waals surface area contributed by atoms with Gasteiger partial charge >= 0.3 is 0 Å². The van der Waals surface area contributed by atoms with Crippen molar-refractivity contribution in [2.24, 2.45) is 7.05 Å². The first kappa shape index (κ1) is 17.6. The van der Waals surface area contributed by atoms with Crippen LogP contribution in [0.2, 0.25) is 0 Å². The number of quaternary nitrogens is 2. The number of aryl methyl sites for hydroxylation is 2. The minimum Gasteiger partial charge on any atom is -0.322 e. The molecule has 1 aliphatic heterocycles. The Hall–Kier alpha value is -2.18. The molecule has 6 nitrogen and oxygen atoms in total. The van der Waals surface area contributed by atoms with E-state index in [1.54, 1.807) is 4.90 Å². The Kier molecular flexibility index (Phi) is 5.50. The maximum absolute atomic E-state index is 12.4. The third kappa shape index (κ3) is 4.46. The highest BCUT2D eigenvalue weighted by atomic mass is 16.2. The molecule has 1 amide bonds. The number of nitrogens with one attached hydrogen (secondary N) is 3. The molecular formula is C19H29N5O+2. The van der Waals surface area contributed by atoms with Crippen LogP contribution < -0.4 is 15.1 Å². The summed E-state index contributed by atoms with van der Waals surface area (Å²) in [4.78, 5) is 15.4. The molecule has 1 aromatic heterocycles. The first-order valence-corrected chi connectivity index (χ1v) is 9.04. The lowest BCUT2D eigenvalue weighted by molar-refractivity contribution is -1.02. The molecule has 2 heterocycles. The minimum absolute atomic E-state index is 0.0840. The summed E-state index contributed by atoms with van der Waals surface area (Å²) < 4.78 is 1.81. The fourth-order valence-electron chi connectivity index (χ4n) is 3.56. The van der Waals surface area contributed by atoms with Crippen LogP contribution in [0, 0.1) is 13.8 Å². The number of anilines is 1. The molecule has 0 aliphatic carbocycles. The van der Waals surface area contributed by atoms with Crippen molar-refractivity contribution in [2.75, 3.05) is 38.0 Å². The molecule has 6 heteroatoms. The molecule has 0 bridgehead atoms. The summed E-state index contributed by atoms with van der Waals surface area (Å²) in [7, 11) is 1.90. The Morgan fingerprint density at radius 1 is 1.12 bits per heavy atom. The normalized spacial score (nSPS) is 20.4. The number of aromatic nitrogens is 2. The lowest BCUT2D eigenvalue weighted by Crippen LogP contribution is -3.28. The van der Waals surface area contributed by atoms with E-state index < -0.39 is 0 Å². The molecule has 0 radical (unpaired) electrons. The first-order chi connectivity index (χ1) is 12.0. The Morgan fingerprint density at radius 3 is 2.36 bits per heavy atom. The van der Waals surface area contributed by atoms with Crippen molar-refractivity contribution in [3.63, 3.8) is 0 Å². The van der Waals surface area contributed by atoms with Gasteiger partial charge in [0.1, 0.15) is 32.7 Å². The third-order valence-corrected chi connectivity index (χ3v) is 5.15. The average molecular weight is 343 g/mol. The number of carbonyl (C=O) groups is 1. The summed E-state index contributed by atoms with van der Waals surface area (Å²) in [5.74, 6) is 0.0840. The number of piperazine rings is 1. The first-order valence-electron chi connectivity index (χ1n) is 9.04. The summed E-state index contributed by atoms with van der Waals surface area (Å²) in [5, 5.41) is 7.40. The van der Waals surface area contributed by atoms with E-state index in [2.05, 4.69) is 40.7 Å². The van der Waals surface area contributed by atoms with E-state index in [4.69, 9.17) is 0 Å². The van der Waals surface area contributed by atoms with Gasteiger partial charge in [-0.25, -0.2) is 0 Å². The maximum atomic E-state index is 12.4. The van der Waals surface area contributed by atoms with Gasteiger partial charge < -0.3 is 15.1 Å². The van der Waals surface area contributed by atoms with Gasteiger partial charge in [-0.15, -0.1) is 0 Å². The zero-order valence-electron chi connectivity index (χ0n) is 15.4. The molecule has 25 heavy (non-hydrogen) atoms. The third-order valence-electron chi connectivity index (χ3n) is 5.15. The van der Waals surface area contributed by atoms with Gasteiger partial charge in [0.2, 0.25) is 0 Å². The summed E-state index contributed by atoms with van der Waals surface area (Å²) in [6, 6.07) is 10.6. The molecule has 0 spiro atoms. The predicted octanol–water partition coefficient (Wildman–Crippen LogP) is -1.04. The highest BCUT2D eigenvalue weighted by Gasteiger charge is 2.25. The number of nitrogens with zero attached hydrogens (tertiary/aromatic N) is 2. The van der Waals surface area contributed by atoms with Crippen molar-refractivity contribution in [3.05, 3.63) is 47.3 Å². The van der Waals surface area contributed by atoms with Gasteiger partial charge in [0.05, 0.1) is 17.1 Å². The standard InChI is InChI=1S/C19H27N5O/c1-15-19(16(2)22(3)21-15)20-18(25)14-24-11-9-23(10-12-24)13-17-7-5-4-6-8-17/h4-8H,9-14H2,1-3H3,(H,20,25)/p+2. The second-order valence-corrected chi connectivity index (χ2v) is 7.06. The van der Waals surface area contributed by atoms with E-state index in [1.165, 1.54) is 10.5 Å². The van der Waals surface area contributed by atoms with Crippen LogP contribution in [0.5, 0.6) is 0 Å². The quantitative estimate of drug-likeness (QED) is 0.650. The molecule has 0 unspecified atom stereocenters. The van der Waals surface area contributed by atoms with Gasteiger partial charge in [0, 0.05) is 12.6 Å². The van der Waals surface area contributed by atoms with Crippen LogP contribution in [-0.4, -0.2) is 48.4 Å². The molecule has 0 atom stereocenters. The van der Waals surface area contributed by atoms with Crippen molar-refractivity contribution in [1.29, 1.82) is 0 Å². The lowest BCUT2D eigenvalue weighted by atomic mass is 10.2. The molecule has 0 saturated carbocycles. The molecule has 1 aliphatic rings. The largest absolute Gasteiger partial charge is 0.322 e. The molecule has 1 aromatic carbocycles. The molecule has 2 aromatic rings. The van der Waals surface area contributed by atoms with E-state index >= 15 is 0 Å². The van der Waals surface area contributed by atoms with E-state index in [-0.39, 0.29) is 5.91 Å². The van der Waals surface area contributed by atoms with Gasteiger partial charge in [-0.05, 0) is 13.8 Å². The van der Waals surface area contributed by atoms with Crippen LogP contribution in [0.15, 0.2) is 30.3 Å². The van der Waals surface area contributed by atoms with Crippen molar-refractivity contribution in [3.8, 4) is 0 Å². The van der Waals surface area contributed by atoms with Gasteiger partial charge in [0.15, 0.2) is 6.54 Å². The van der Waals surface area contributed by atoms with Gasteiger partial charge in [0.25, 0.3) is 5.91 Å². The second-order valence-electron chi connectivity index (χ2n) is 7.06. The highest BCUT2D eigenvalue weighted by molar-refractivity contribution is 5.92. The molecule has 3 N–H and O–H groups in total. The van der Waals surface area contributed by atoms with E-state index in [0.29, 0.717) is 6.54 Å². The predicted molar refractivity (Wildman–Crippen MR) is 97.7 cm³/mol. The van der Waals surface area contributed by atoms with Crippen molar-refractivity contribution in [1.82, 2.24) is 9.78 Å². The van der Waals surface area contributed by atoms with Gasteiger partial charge in [-0.3, -0.25) is 9.48 Å². The van der Waals surface area contributed by atoms with Crippen molar-refractivity contribution >= 4 is 11.6 Å². The fourth-order valence-corrected chi connectivity index (χ4v) is 3.56. The highest BCUT2D eigenvalue weighted by Crippen LogP contribution is 2.17. The Bertz CT molecular complexity index is 717. The number of amides is 1. The van der Waals surface area contributed by atoms with Crippen molar-refractivity contribution < 1.29 is 14.6 Å². The Labute approximate surface area is 149 Å². The van der Waals surface area contributed by atoms with Crippen LogP contribution in [-0.2, 0) is 18.4 Å². The lowest BCUT2D eigenvalue weighted by Gasteiger charge is -2.29. The Balaban J connectivity index is 1.46. The zero-order chi connectivity index (χ0) is 17.8. The topological polar surface area (TPSA) is 55.8 Å². The number of benzene rings is 1. The second kappa shape index (κ2) is 7.80. The summed E-state index contributed by atoms with van der Waals surface area (Å²) in [6.45, 7) is 9.84. The summed E-state index contributed by atoms with van der Waals surface area (Å²) in [6.07, 6.45) is 0. The average Bonchev–Trinajstić information content (AvgIpc) is 2.84. The Morgan fingerprint density at radius 2 is 1.76 bits per heavy atom. The smallest absolute Gasteiger partial charge is 0.279 e. The monoisotopic (exact) mass is 343 g/mol. The molecular weight excluding hydrogens is 314 g/mol. The number of carbonyl (C=O) groups excluding carboxylic acids is 1. The van der Waals surface area contributed by atoms with Gasteiger partial charge in [-0.2, -0.15) is 5.10 Å². The van der Waals surface area contributed by atoms with E-state index in [9.17, 15) is 4.79 Å². The number of hydrogen-bond donors (Lipinski definition) is 3. The fraction of sp³-hybridized carbons (Fsp3) is 0.474. The SMILES string of the molecule is Cc1nn(C)c(C)c1NC(=O)C[NH+]1CC[NH+](Cc2ccccc2)CC1. The van der Waals surface area contributed by atoms with Crippen LogP contribution >= 0.6 is 0 Å². The zero-order valence-corrected chi connectivity index (χ0v) is 15.4. The molecule has 3 rings (SSSR count).